The van der Waals surface area contributed by atoms with Gasteiger partial charge >= 0.3 is 0 Å². The summed E-state index contributed by atoms with van der Waals surface area (Å²) in [4.78, 5) is 4.77. The SMILES string of the molecule is CNC1CCCN(Cc2ccccc2N(C)C)C1.Cl. The van der Waals surface area contributed by atoms with Crippen molar-refractivity contribution in [2.45, 2.75) is 25.4 Å². The summed E-state index contributed by atoms with van der Waals surface area (Å²) in [6.07, 6.45) is 2.61. The Balaban J connectivity index is 0.00000180. The van der Waals surface area contributed by atoms with Gasteiger partial charge < -0.3 is 10.2 Å². The van der Waals surface area contributed by atoms with Crippen molar-refractivity contribution >= 4 is 18.1 Å². The molecular formula is C15H26ClN3. The van der Waals surface area contributed by atoms with Crippen molar-refractivity contribution < 1.29 is 0 Å². The molecule has 1 aromatic rings. The topological polar surface area (TPSA) is 18.5 Å². The van der Waals surface area contributed by atoms with Crippen molar-refractivity contribution in [2.24, 2.45) is 0 Å². The van der Waals surface area contributed by atoms with Gasteiger partial charge in [-0.25, -0.2) is 0 Å². The Morgan fingerprint density at radius 3 is 2.74 bits per heavy atom. The average molecular weight is 284 g/mol. The van der Waals surface area contributed by atoms with Crippen molar-refractivity contribution in [3.05, 3.63) is 29.8 Å². The van der Waals surface area contributed by atoms with Gasteiger partial charge in [-0.1, -0.05) is 18.2 Å². The van der Waals surface area contributed by atoms with E-state index in [9.17, 15) is 0 Å². The number of likely N-dealkylation sites (N-methyl/N-ethyl adjacent to an activating group) is 1. The average Bonchev–Trinajstić information content (AvgIpc) is 2.39. The highest BCUT2D eigenvalue weighted by Crippen LogP contribution is 2.21. The van der Waals surface area contributed by atoms with Gasteiger partial charge in [0.05, 0.1) is 0 Å². The smallest absolute Gasteiger partial charge is 0.0406 e. The number of nitrogens with one attached hydrogen (secondary N) is 1. The molecule has 1 heterocycles. The van der Waals surface area contributed by atoms with Crippen LogP contribution in [-0.2, 0) is 6.54 Å². The first-order chi connectivity index (χ1) is 8.70. The first kappa shape index (κ1) is 16.3. The number of nitrogens with zero attached hydrogens (tertiary/aromatic N) is 2. The third-order valence-corrected chi connectivity index (χ3v) is 3.78. The minimum absolute atomic E-state index is 0. The van der Waals surface area contributed by atoms with Crippen LogP contribution >= 0.6 is 12.4 Å². The zero-order valence-corrected chi connectivity index (χ0v) is 13.0. The molecule has 4 heteroatoms. The Kier molecular flexibility index (Phi) is 6.63. The van der Waals surface area contributed by atoms with Crippen LogP contribution in [0.15, 0.2) is 24.3 Å². The first-order valence-electron chi connectivity index (χ1n) is 6.85. The molecule has 1 aliphatic rings. The van der Waals surface area contributed by atoms with Crippen molar-refractivity contribution in [3.8, 4) is 0 Å². The summed E-state index contributed by atoms with van der Waals surface area (Å²) in [6, 6.07) is 9.37. The molecule has 0 spiro atoms. The Morgan fingerprint density at radius 2 is 2.05 bits per heavy atom. The molecule has 0 radical (unpaired) electrons. The van der Waals surface area contributed by atoms with Crippen molar-refractivity contribution in [2.75, 3.05) is 39.1 Å². The van der Waals surface area contributed by atoms with E-state index in [1.54, 1.807) is 0 Å². The fourth-order valence-corrected chi connectivity index (χ4v) is 2.76. The summed E-state index contributed by atoms with van der Waals surface area (Å²) in [6.45, 7) is 3.45. The van der Waals surface area contributed by atoms with Gasteiger partial charge in [0.25, 0.3) is 0 Å². The Labute approximate surface area is 123 Å². The molecule has 1 saturated heterocycles. The molecule has 0 amide bonds. The van der Waals surface area contributed by atoms with E-state index < -0.39 is 0 Å². The van der Waals surface area contributed by atoms with E-state index >= 15 is 0 Å². The highest BCUT2D eigenvalue weighted by molar-refractivity contribution is 5.85. The molecule has 0 saturated carbocycles. The van der Waals surface area contributed by atoms with Crippen LogP contribution in [0.1, 0.15) is 18.4 Å². The van der Waals surface area contributed by atoms with Gasteiger partial charge in [-0.2, -0.15) is 0 Å². The second-order valence-electron chi connectivity index (χ2n) is 5.39. The highest BCUT2D eigenvalue weighted by atomic mass is 35.5. The quantitative estimate of drug-likeness (QED) is 0.915. The number of rotatable bonds is 4. The summed E-state index contributed by atoms with van der Waals surface area (Å²) < 4.78 is 0. The summed E-state index contributed by atoms with van der Waals surface area (Å²) >= 11 is 0. The fourth-order valence-electron chi connectivity index (χ4n) is 2.76. The van der Waals surface area contributed by atoms with Gasteiger partial charge in [-0.15, -0.1) is 12.4 Å². The van der Waals surface area contributed by atoms with Crippen LogP contribution in [0, 0.1) is 0 Å². The Hall–Kier alpha value is -0.770. The van der Waals surface area contributed by atoms with Crippen LogP contribution in [0.2, 0.25) is 0 Å². The molecule has 0 aromatic heterocycles. The molecule has 1 fully saturated rings. The first-order valence-corrected chi connectivity index (χ1v) is 6.85. The van der Waals surface area contributed by atoms with E-state index in [4.69, 9.17) is 0 Å². The zero-order chi connectivity index (χ0) is 13.0. The van der Waals surface area contributed by atoms with Crippen LogP contribution in [0.5, 0.6) is 0 Å². The Morgan fingerprint density at radius 1 is 1.32 bits per heavy atom. The minimum atomic E-state index is 0. The maximum absolute atomic E-state index is 3.40. The van der Waals surface area contributed by atoms with Crippen LogP contribution in [0.25, 0.3) is 0 Å². The number of para-hydroxylation sites is 1. The number of anilines is 1. The predicted molar refractivity (Wildman–Crippen MR) is 85.4 cm³/mol. The van der Waals surface area contributed by atoms with E-state index in [0.717, 1.165) is 13.1 Å². The summed E-state index contributed by atoms with van der Waals surface area (Å²) in [5.74, 6) is 0. The maximum Gasteiger partial charge on any atom is 0.0406 e. The molecule has 0 bridgehead atoms. The number of likely N-dealkylation sites (tertiary alicyclic amines) is 1. The van der Waals surface area contributed by atoms with Gasteiger partial charge in [-0.05, 0) is 38.1 Å². The van der Waals surface area contributed by atoms with E-state index in [2.05, 4.69) is 60.5 Å². The van der Waals surface area contributed by atoms with Gasteiger partial charge in [0.15, 0.2) is 0 Å². The van der Waals surface area contributed by atoms with Crippen molar-refractivity contribution in [1.29, 1.82) is 0 Å². The number of hydrogen-bond donors (Lipinski definition) is 1. The lowest BCUT2D eigenvalue weighted by Gasteiger charge is -2.33. The van der Waals surface area contributed by atoms with Crippen LogP contribution in [0.3, 0.4) is 0 Å². The maximum atomic E-state index is 3.40. The third-order valence-electron chi connectivity index (χ3n) is 3.78. The number of piperidine rings is 1. The number of hydrogen-bond acceptors (Lipinski definition) is 3. The Bertz CT molecular complexity index is 381. The normalized spacial score (nSPS) is 19.8. The number of halogens is 1. The second-order valence-corrected chi connectivity index (χ2v) is 5.39. The monoisotopic (exact) mass is 283 g/mol. The predicted octanol–water partition coefficient (Wildman–Crippen LogP) is 2.36. The van der Waals surface area contributed by atoms with Crippen molar-refractivity contribution in [1.82, 2.24) is 10.2 Å². The lowest BCUT2D eigenvalue weighted by Crippen LogP contribution is -2.44. The van der Waals surface area contributed by atoms with E-state index in [1.807, 2.05) is 0 Å². The molecule has 1 aromatic carbocycles. The summed E-state index contributed by atoms with van der Waals surface area (Å²) in [5.41, 5.74) is 2.77. The molecule has 1 aliphatic heterocycles. The lowest BCUT2D eigenvalue weighted by molar-refractivity contribution is 0.188. The lowest BCUT2D eigenvalue weighted by atomic mass is 10.0. The largest absolute Gasteiger partial charge is 0.377 e. The molecule has 108 valence electrons. The van der Waals surface area contributed by atoms with E-state index in [1.165, 1.54) is 30.6 Å². The number of benzene rings is 1. The van der Waals surface area contributed by atoms with Crippen LogP contribution in [0.4, 0.5) is 5.69 Å². The van der Waals surface area contributed by atoms with E-state index in [0.29, 0.717) is 6.04 Å². The standard InChI is InChI=1S/C15H25N3.ClH/c1-16-14-8-6-10-18(12-14)11-13-7-4-5-9-15(13)17(2)3;/h4-5,7,9,14,16H,6,8,10-12H2,1-3H3;1H. The highest BCUT2D eigenvalue weighted by Gasteiger charge is 2.19. The molecule has 3 nitrogen and oxygen atoms in total. The fraction of sp³-hybridized carbons (Fsp3) is 0.600. The molecule has 1 unspecified atom stereocenters. The molecule has 1 atom stereocenters. The molecule has 0 aliphatic carbocycles. The minimum Gasteiger partial charge on any atom is -0.377 e. The van der Waals surface area contributed by atoms with Crippen molar-refractivity contribution in [3.63, 3.8) is 0 Å². The molecule has 19 heavy (non-hydrogen) atoms. The van der Waals surface area contributed by atoms with Crippen LogP contribution < -0.4 is 10.2 Å². The molecule has 2 rings (SSSR count). The summed E-state index contributed by atoms with van der Waals surface area (Å²) in [7, 11) is 6.30. The van der Waals surface area contributed by atoms with Gasteiger partial charge in [0, 0.05) is 38.9 Å². The van der Waals surface area contributed by atoms with Crippen LogP contribution in [-0.4, -0.2) is 45.2 Å². The van der Waals surface area contributed by atoms with Gasteiger partial charge in [0.1, 0.15) is 0 Å². The van der Waals surface area contributed by atoms with Gasteiger partial charge in [0.2, 0.25) is 0 Å². The van der Waals surface area contributed by atoms with E-state index in [-0.39, 0.29) is 12.4 Å². The molecule has 1 N–H and O–H groups in total. The molecular weight excluding hydrogens is 258 g/mol. The third kappa shape index (κ3) is 4.37. The second kappa shape index (κ2) is 7.73. The zero-order valence-electron chi connectivity index (χ0n) is 12.2. The van der Waals surface area contributed by atoms with Gasteiger partial charge in [-0.3, -0.25) is 4.90 Å². The summed E-state index contributed by atoms with van der Waals surface area (Å²) in [5, 5.41) is 3.40.